The number of ether oxygens (including phenoxy) is 3. The van der Waals surface area contributed by atoms with Gasteiger partial charge in [-0.15, -0.1) is 0 Å². The van der Waals surface area contributed by atoms with E-state index in [9.17, 15) is 9.59 Å². The van der Waals surface area contributed by atoms with Crippen LogP contribution in [0.2, 0.25) is 0 Å². The number of rotatable bonds is 2. The Morgan fingerprint density at radius 3 is 2.00 bits per heavy atom. The monoisotopic (exact) mass is 372 g/mol. The number of carbonyl (C=O) groups excluding carboxylic acids is 2. The molecule has 98 valence electrons. The van der Waals surface area contributed by atoms with Crippen molar-refractivity contribution in [3.63, 3.8) is 0 Å². The van der Waals surface area contributed by atoms with E-state index in [4.69, 9.17) is 14.2 Å². The highest BCUT2D eigenvalue weighted by Crippen LogP contribution is 2.33. The van der Waals surface area contributed by atoms with E-state index in [2.05, 4.69) is 31.9 Å². The standard InChI is InChI=1S/C10H14Br2O5/c1-4-8(16-5(2)13)9(17-6(3)14)7(11)10(12)15-4/h4,7-10H,1-3H3/t4-,7-,8-,9-,10+/m0/s1. The van der Waals surface area contributed by atoms with Crippen LogP contribution in [0.25, 0.3) is 0 Å². The van der Waals surface area contributed by atoms with E-state index in [1.54, 1.807) is 6.92 Å². The molecule has 0 aromatic heterocycles. The molecular weight excluding hydrogens is 360 g/mol. The molecular formula is C10H14Br2O5. The molecule has 0 aliphatic carbocycles. The largest absolute Gasteiger partial charge is 0.457 e. The third-order valence-electron chi connectivity index (χ3n) is 2.30. The zero-order chi connectivity index (χ0) is 13.2. The van der Waals surface area contributed by atoms with Gasteiger partial charge in [0.05, 0.1) is 10.9 Å². The Morgan fingerprint density at radius 2 is 1.53 bits per heavy atom. The van der Waals surface area contributed by atoms with Gasteiger partial charge in [0.2, 0.25) is 0 Å². The molecule has 0 saturated carbocycles. The molecule has 0 unspecified atom stereocenters. The molecule has 0 bridgehead atoms. The van der Waals surface area contributed by atoms with E-state index in [-0.39, 0.29) is 15.9 Å². The topological polar surface area (TPSA) is 61.8 Å². The van der Waals surface area contributed by atoms with Crippen LogP contribution in [0.15, 0.2) is 0 Å². The van der Waals surface area contributed by atoms with E-state index in [1.807, 2.05) is 0 Å². The second-order valence-corrected chi connectivity index (χ2v) is 5.74. The van der Waals surface area contributed by atoms with E-state index in [0.717, 1.165) is 0 Å². The van der Waals surface area contributed by atoms with Gasteiger partial charge < -0.3 is 14.2 Å². The fraction of sp³-hybridized carbons (Fsp3) is 0.800. The van der Waals surface area contributed by atoms with Crippen LogP contribution in [0.3, 0.4) is 0 Å². The maximum atomic E-state index is 11.1. The van der Waals surface area contributed by atoms with Crippen LogP contribution in [0.1, 0.15) is 20.8 Å². The van der Waals surface area contributed by atoms with Crippen LogP contribution in [0.4, 0.5) is 0 Å². The lowest BCUT2D eigenvalue weighted by Crippen LogP contribution is -2.55. The van der Waals surface area contributed by atoms with Gasteiger partial charge in [0.15, 0.2) is 12.2 Å². The lowest BCUT2D eigenvalue weighted by Gasteiger charge is -2.40. The van der Waals surface area contributed by atoms with Gasteiger partial charge in [-0.05, 0) is 6.92 Å². The van der Waals surface area contributed by atoms with E-state index < -0.39 is 24.1 Å². The molecule has 5 nitrogen and oxygen atoms in total. The fourth-order valence-electron chi connectivity index (χ4n) is 1.63. The van der Waals surface area contributed by atoms with Gasteiger partial charge >= 0.3 is 11.9 Å². The average Bonchev–Trinajstić information content (AvgIpc) is 2.19. The minimum absolute atomic E-state index is 0.285. The highest BCUT2D eigenvalue weighted by molar-refractivity contribution is 9.12. The first-order valence-electron chi connectivity index (χ1n) is 5.11. The zero-order valence-electron chi connectivity index (χ0n) is 9.68. The van der Waals surface area contributed by atoms with Gasteiger partial charge in [-0.2, -0.15) is 0 Å². The summed E-state index contributed by atoms with van der Waals surface area (Å²) in [6.07, 6.45) is -1.56. The highest BCUT2D eigenvalue weighted by atomic mass is 79.9. The van der Waals surface area contributed by atoms with Crippen molar-refractivity contribution in [1.29, 1.82) is 0 Å². The van der Waals surface area contributed by atoms with Crippen molar-refractivity contribution in [2.24, 2.45) is 0 Å². The molecule has 5 atom stereocenters. The van der Waals surface area contributed by atoms with Gasteiger partial charge in [-0.3, -0.25) is 9.59 Å². The Hall–Kier alpha value is -0.140. The maximum absolute atomic E-state index is 11.1. The summed E-state index contributed by atoms with van der Waals surface area (Å²) in [7, 11) is 0. The summed E-state index contributed by atoms with van der Waals surface area (Å²) in [6, 6.07) is 0. The second kappa shape index (κ2) is 6.15. The quantitative estimate of drug-likeness (QED) is 0.545. The molecule has 0 aromatic carbocycles. The molecule has 1 saturated heterocycles. The molecule has 7 heteroatoms. The van der Waals surface area contributed by atoms with Crippen LogP contribution in [-0.2, 0) is 23.8 Å². The molecule has 0 aromatic rings. The number of alkyl halides is 2. The third kappa shape index (κ3) is 3.93. The van der Waals surface area contributed by atoms with E-state index in [0.29, 0.717) is 0 Å². The Bertz CT molecular complexity index is 309. The Balaban J connectivity index is 2.86. The lowest BCUT2D eigenvalue weighted by atomic mass is 10.0. The van der Waals surface area contributed by atoms with Crippen molar-refractivity contribution in [3.8, 4) is 0 Å². The minimum Gasteiger partial charge on any atom is -0.457 e. The van der Waals surface area contributed by atoms with Crippen molar-refractivity contribution in [2.45, 2.75) is 48.9 Å². The number of hydrogen-bond acceptors (Lipinski definition) is 5. The number of carbonyl (C=O) groups is 2. The Morgan fingerprint density at radius 1 is 1.06 bits per heavy atom. The minimum atomic E-state index is -0.616. The lowest BCUT2D eigenvalue weighted by molar-refractivity contribution is -0.191. The maximum Gasteiger partial charge on any atom is 0.303 e. The summed E-state index contributed by atoms with van der Waals surface area (Å²) in [6.45, 7) is 4.38. The first kappa shape index (κ1) is 14.9. The van der Waals surface area contributed by atoms with Crippen molar-refractivity contribution < 1.29 is 23.8 Å². The summed E-state index contributed by atoms with van der Waals surface area (Å²) in [5.74, 6) is -0.860. The molecule has 1 fully saturated rings. The summed E-state index contributed by atoms with van der Waals surface area (Å²) < 4.78 is 15.9. The molecule has 1 rings (SSSR count). The van der Waals surface area contributed by atoms with Gasteiger partial charge in [0.25, 0.3) is 0 Å². The molecule has 0 amide bonds. The molecule has 1 aliphatic rings. The SMILES string of the molecule is CC(=O)O[C@@H]1[C@@H](OC(C)=O)[C@H](Br)[C@H](Br)O[C@H]1C. The summed E-state index contributed by atoms with van der Waals surface area (Å²) >= 11 is 6.68. The van der Waals surface area contributed by atoms with Gasteiger partial charge in [-0.25, -0.2) is 0 Å². The zero-order valence-corrected chi connectivity index (χ0v) is 12.9. The summed E-state index contributed by atoms with van der Waals surface area (Å²) in [5, 5.41) is -0.311. The van der Waals surface area contributed by atoms with Gasteiger partial charge in [0, 0.05) is 13.8 Å². The predicted octanol–water partition coefficient (Wildman–Crippen LogP) is 1.75. The fourth-order valence-corrected chi connectivity index (χ4v) is 2.81. The highest BCUT2D eigenvalue weighted by Gasteiger charge is 2.46. The van der Waals surface area contributed by atoms with E-state index >= 15 is 0 Å². The van der Waals surface area contributed by atoms with E-state index in [1.165, 1.54) is 13.8 Å². The first-order valence-corrected chi connectivity index (χ1v) is 6.94. The Kier molecular flexibility index (Phi) is 5.40. The molecule has 1 heterocycles. The molecule has 1 aliphatic heterocycles. The molecule has 0 radical (unpaired) electrons. The first-order chi connectivity index (χ1) is 7.82. The number of halogens is 2. The van der Waals surface area contributed by atoms with Crippen molar-refractivity contribution in [2.75, 3.05) is 0 Å². The van der Waals surface area contributed by atoms with Crippen LogP contribution in [-0.4, -0.2) is 40.1 Å². The summed E-state index contributed by atoms with van der Waals surface area (Å²) in [4.78, 5) is 21.8. The molecule has 0 spiro atoms. The van der Waals surface area contributed by atoms with Gasteiger partial charge in [-0.1, -0.05) is 31.9 Å². The Labute approximate surface area is 116 Å². The second-order valence-electron chi connectivity index (χ2n) is 3.78. The normalized spacial score (nSPS) is 37.4. The van der Waals surface area contributed by atoms with Crippen molar-refractivity contribution in [1.82, 2.24) is 0 Å². The predicted molar refractivity (Wildman–Crippen MR) is 67.1 cm³/mol. The number of esters is 2. The van der Waals surface area contributed by atoms with Crippen LogP contribution in [0.5, 0.6) is 0 Å². The van der Waals surface area contributed by atoms with Crippen molar-refractivity contribution >= 4 is 43.8 Å². The van der Waals surface area contributed by atoms with Crippen LogP contribution in [0, 0.1) is 0 Å². The molecule has 17 heavy (non-hydrogen) atoms. The van der Waals surface area contributed by atoms with Crippen LogP contribution < -0.4 is 0 Å². The summed E-state index contributed by atoms with van der Waals surface area (Å²) in [5.41, 5.74) is 0. The molecule has 0 N–H and O–H groups in total. The van der Waals surface area contributed by atoms with Crippen molar-refractivity contribution in [3.05, 3.63) is 0 Å². The smallest absolute Gasteiger partial charge is 0.303 e. The van der Waals surface area contributed by atoms with Crippen LogP contribution >= 0.6 is 31.9 Å². The van der Waals surface area contributed by atoms with Gasteiger partial charge in [0.1, 0.15) is 5.01 Å². The average molecular weight is 374 g/mol. The third-order valence-corrected chi connectivity index (χ3v) is 4.80. The number of hydrogen-bond donors (Lipinski definition) is 0.